The second kappa shape index (κ2) is 4.05. The molecular weight excluding hydrogens is 279 g/mol. The summed E-state index contributed by atoms with van der Waals surface area (Å²) >= 11 is 3.03. The summed E-state index contributed by atoms with van der Waals surface area (Å²) in [6, 6.07) is 4.43. The van der Waals surface area contributed by atoms with Crippen LogP contribution in [0.2, 0.25) is 0 Å². The second-order valence-electron chi connectivity index (χ2n) is 3.08. The van der Waals surface area contributed by atoms with Crippen molar-refractivity contribution in [3.63, 3.8) is 0 Å². The Morgan fingerprint density at radius 3 is 2.81 bits per heavy atom. The number of hydrogen-bond acceptors (Lipinski definition) is 2. The molecule has 82 valence electrons. The monoisotopic (exact) mass is 284 g/mol. The fourth-order valence-corrected chi connectivity index (χ4v) is 1.45. The van der Waals surface area contributed by atoms with Gasteiger partial charge in [0.25, 0.3) is 0 Å². The lowest BCUT2D eigenvalue weighted by Crippen LogP contribution is -1.96. The van der Waals surface area contributed by atoms with Gasteiger partial charge in [0.15, 0.2) is 0 Å². The maximum absolute atomic E-state index is 13.2. The van der Waals surface area contributed by atoms with E-state index in [9.17, 15) is 9.18 Å². The number of aromatic carboxylic acids is 1. The van der Waals surface area contributed by atoms with E-state index in [-0.39, 0.29) is 5.56 Å². The fourth-order valence-electron chi connectivity index (χ4n) is 1.20. The van der Waals surface area contributed by atoms with Crippen molar-refractivity contribution in [3.05, 3.63) is 46.4 Å². The van der Waals surface area contributed by atoms with Crippen LogP contribution >= 0.6 is 15.9 Å². The van der Waals surface area contributed by atoms with E-state index in [1.165, 1.54) is 29.2 Å². The van der Waals surface area contributed by atoms with Crippen molar-refractivity contribution in [2.45, 2.75) is 0 Å². The van der Waals surface area contributed by atoms with Gasteiger partial charge in [-0.25, -0.2) is 13.9 Å². The van der Waals surface area contributed by atoms with Crippen molar-refractivity contribution in [3.8, 4) is 5.69 Å². The molecule has 16 heavy (non-hydrogen) atoms. The lowest BCUT2D eigenvalue weighted by molar-refractivity contribution is 0.0697. The van der Waals surface area contributed by atoms with Crippen LogP contribution in [0.15, 0.2) is 35.1 Å². The molecule has 0 unspecified atom stereocenters. The van der Waals surface area contributed by atoms with Crippen LogP contribution in [0, 0.1) is 5.82 Å². The number of carboxylic acid groups (broad SMARTS) is 1. The first-order valence-electron chi connectivity index (χ1n) is 4.31. The molecule has 0 saturated carbocycles. The van der Waals surface area contributed by atoms with E-state index in [2.05, 4.69) is 21.0 Å². The predicted molar refractivity (Wildman–Crippen MR) is 58.2 cm³/mol. The standard InChI is InChI=1S/C10H6BrFN2O2/c11-8-2-1-7(3-9(8)12)14-5-6(4-13-14)10(15)16/h1-5H,(H,15,16). The van der Waals surface area contributed by atoms with E-state index >= 15 is 0 Å². The molecule has 1 N–H and O–H groups in total. The van der Waals surface area contributed by atoms with Crippen LogP contribution in [0.25, 0.3) is 5.69 Å². The molecule has 0 spiro atoms. The van der Waals surface area contributed by atoms with Crippen LogP contribution in [0.5, 0.6) is 0 Å². The van der Waals surface area contributed by atoms with Crippen LogP contribution in [-0.2, 0) is 0 Å². The number of carbonyl (C=O) groups is 1. The third-order valence-electron chi connectivity index (χ3n) is 2.00. The number of rotatable bonds is 2. The SMILES string of the molecule is O=C(O)c1cnn(-c2ccc(Br)c(F)c2)c1. The molecule has 4 nitrogen and oxygen atoms in total. The minimum Gasteiger partial charge on any atom is -0.478 e. The van der Waals surface area contributed by atoms with Gasteiger partial charge in [-0.1, -0.05) is 0 Å². The quantitative estimate of drug-likeness (QED) is 0.922. The van der Waals surface area contributed by atoms with Crippen molar-refractivity contribution in [2.24, 2.45) is 0 Å². The first-order valence-corrected chi connectivity index (χ1v) is 5.10. The molecule has 0 amide bonds. The Morgan fingerprint density at radius 1 is 1.50 bits per heavy atom. The van der Waals surface area contributed by atoms with Gasteiger partial charge in [-0.05, 0) is 28.1 Å². The van der Waals surface area contributed by atoms with Crippen molar-refractivity contribution in [1.29, 1.82) is 0 Å². The van der Waals surface area contributed by atoms with Gasteiger partial charge in [-0.2, -0.15) is 5.10 Å². The normalized spacial score (nSPS) is 10.4. The highest BCUT2D eigenvalue weighted by molar-refractivity contribution is 9.10. The summed E-state index contributed by atoms with van der Waals surface area (Å²) in [5.41, 5.74) is 0.525. The topological polar surface area (TPSA) is 55.1 Å². The van der Waals surface area contributed by atoms with Gasteiger partial charge >= 0.3 is 5.97 Å². The molecule has 6 heteroatoms. The summed E-state index contributed by atoms with van der Waals surface area (Å²) in [5.74, 6) is -1.49. The van der Waals surface area contributed by atoms with E-state index in [1.807, 2.05) is 0 Å². The Hall–Kier alpha value is -1.69. The van der Waals surface area contributed by atoms with E-state index in [4.69, 9.17) is 5.11 Å². The Labute approximate surface area is 98.4 Å². The molecule has 0 aliphatic carbocycles. The average Bonchev–Trinajstić information content (AvgIpc) is 2.71. The summed E-state index contributed by atoms with van der Waals surface area (Å²) in [6.07, 6.45) is 2.54. The van der Waals surface area contributed by atoms with Crippen molar-refractivity contribution < 1.29 is 14.3 Å². The van der Waals surface area contributed by atoms with Crippen LogP contribution < -0.4 is 0 Å². The Balaban J connectivity index is 2.42. The van der Waals surface area contributed by atoms with Gasteiger partial charge in [0.1, 0.15) is 5.82 Å². The molecule has 0 aliphatic heterocycles. The molecule has 0 fully saturated rings. The largest absolute Gasteiger partial charge is 0.478 e. The minimum atomic E-state index is -1.07. The van der Waals surface area contributed by atoms with Crippen LogP contribution in [0.4, 0.5) is 4.39 Å². The Morgan fingerprint density at radius 2 is 2.25 bits per heavy atom. The number of benzene rings is 1. The molecule has 0 atom stereocenters. The Kier molecular flexibility index (Phi) is 2.74. The third kappa shape index (κ3) is 1.96. The average molecular weight is 285 g/mol. The van der Waals surface area contributed by atoms with Crippen LogP contribution in [0.1, 0.15) is 10.4 Å². The highest BCUT2D eigenvalue weighted by Crippen LogP contribution is 2.18. The number of hydrogen-bond donors (Lipinski definition) is 1. The Bertz CT molecular complexity index is 554. The number of carboxylic acids is 1. The minimum absolute atomic E-state index is 0.0586. The molecule has 1 aromatic carbocycles. The van der Waals surface area contributed by atoms with Crippen LogP contribution in [-0.4, -0.2) is 20.9 Å². The fraction of sp³-hybridized carbons (Fsp3) is 0. The van der Waals surface area contributed by atoms with Gasteiger partial charge in [0, 0.05) is 12.3 Å². The number of nitrogens with zero attached hydrogens (tertiary/aromatic N) is 2. The zero-order chi connectivity index (χ0) is 11.7. The molecule has 1 heterocycles. The summed E-state index contributed by atoms with van der Waals surface area (Å²) in [7, 11) is 0. The molecule has 2 rings (SSSR count). The second-order valence-corrected chi connectivity index (χ2v) is 3.93. The molecule has 0 bridgehead atoms. The summed E-state index contributed by atoms with van der Waals surface area (Å²) in [6.45, 7) is 0. The van der Waals surface area contributed by atoms with E-state index in [0.717, 1.165) is 0 Å². The molecule has 0 radical (unpaired) electrons. The molecule has 2 aromatic rings. The van der Waals surface area contributed by atoms with Gasteiger partial charge in [-0.3, -0.25) is 0 Å². The highest BCUT2D eigenvalue weighted by atomic mass is 79.9. The molecular formula is C10H6BrFN2O2. The van der Waals surface area contributed by atoms with Gasteiger partial charge in [-0.15, -0.1) is 0 Å². The van der Waals surface area contributed by atoms with Crippen molar-refractivity contribution in [2.75, 3.05) is 0 Å². The molecule has 0 saturated heterocycles. The van der Waals surface area contributed by atoms with Crippen molar-refractivity contribution in [1.82, 2.24) is 9.78 Å². The zero-order valence-corrected chi connectivity index (χ0v) is 9.48. The lowest BCUT2D eigenvalue weighted by atomic mass is 10.3. The lowest BCUT2D eigenvalue weighted by Gasteiger charge is -2.01. The summed E-state index contributed by atoms with van der Waals surface area (Å²) in [5, 5.41) is 12.5. The van der Waals surface area contributed by atoms with E-state index < -0.39 is 11.8 Å². The van der Waals surface area contributed by atoms with Crippen LogP contribution in [0.3, 0.4) is 0 Å². The van der Waals surface area contributed by atoms with E-state index in [0.29, 0.717) is 10.2 Å². The maximum atomic E-state index is 13.2. The summed E-state index contributed by atoms with van der Waals surface area (Å²) in [4.78, 5) is 10.6. The zero-order valence-electron chi connectivity index (χ0n) is 7.89. The van der Waals surface area contributed by atoms with Gasteiger partial charge in [0.2, 0.25) is 0 Å². The predicted octanol–water partition coefficient (Wildman–Crippen LogP) is 2.47. The first kappa shape index (κ1) is 10.8. The van der Waals surface area contributed by atoms with Gasteiger partial charge in [0.05, 0.1) is 21.9 Å². The third-order valence-corrected chi connectivity index (χ3v) is 2.64. The number of halogens is 2. The highest BCUT2D eigenvalue weighted by Gasteiger charge is 2.08. The number of aromatic nitrogens is 2. The summed E-state index contributed by atoms with van der Waals surface area (Å²) < 4.78 is 14.9. The molecule has 1 aromatic heterocycles. The first-order chi connectivity index (χ1) is 7.58. The molecule has 0 aliphatic rings. The smallest absolute Gasteiger partial charge is 0.338 e. The van der Waals surface area contributed by atoms with Gasteiger partial charge < -0.3 is 5.11 Å². The maximum Gasteiger partial charge on any atom is 0.338 e. The van der Waals surface area contributed by atoms with Crippen molar-refractivity contribution >= 4 is 21.9 Å². The van der Waals surface area contributed by atoms with E-state index in [1.54, 1.807) is 6.07 Å².